The summed E-state index contributed by atoms with van der Waals surface area (Å²) in [5.74, 6) is -0.0319. The van der Waals surface area contributed by atoms with Crippen LogP contribution in [-0.2, 0) is 4.79 Å². The van der Waals surface area contributed by atoms with Gasteiger partial charge in [-0.2, -0.15) is 0 Å². The monoisotopic (exact) mass is 270 g/mol. The van der Waals surface area contributed by atoms with Crippen molar-refractivity contribution in [1.29, 1.82) is 0 Å². The average Bonchev–Trinajstić information content (AvgIpc) is 2.34. The van der Waals surface area contributed by atoms with Crippen LogP contribution in [-0.4, -0.2) is 31.0 Å². The van der Waals surface area contributed by atoms with Gasteiger partial charge < -0.3 is 10.1 Å². The number of alkyl halides is 1. The first-order valence-electron chi connectivity index (χ1n) is 5.45. The highest BCUT2D eigenvalue weighted by molar-refractivity contribution is 6.28. The summed E-state index contributed by atoms with van der Waals surface area (Å²) >= 11 is 5.24. The van der Waals surface area contributed by atoms with Gasteiger partial charge in [0.15, 0.2) is 0 Å². The van der Waals surface area contributed by atoms with E-state index in [2.05, 4.69) is 10.6 Å². The number of imide groups is 1. The highest BCUT2D eigenvalue weighted by Crippen LogP contribution is 2.11. The van der Waals surface area contributed by atoms with Crippen molar-refractivity contribution < 1.29 is 14.3 Å². The van der Waals surface area contributed by atoms with Crippen molar-refractivity contribution in [2.45, 2.75) is 6.92 Å². The number of carbonyl (C=O) groups is 2. The molecule has 1 aromatic rings. The van der Waals surface area contributed by atoms with Gasteiger partial charge in [0.1, 0.15) is 18.2 Å². The third kappa shape index (κ3) is 5.54. The van der Waals surface area contributed by atoms with Gasteiger partial charge in [0.2, 0.25) is 5.91 Å². The van der Waals surface area contributed by atoms with Gasteiger partial charge in [-0.3, -0.25) is 10.1 Å². The van der Waals surface area contributed by atoms with Crippen LogP contribution in [0.4, 0.5) is 4.79 Å². The molecule has 5 nitrogen and oxygen atoms in total. The second-order valence-electron chi connectivity index (χ2n) is 3.60. The number of urea groups is 1. The standard InChI is InChI=1S/C12H15ClN2O3/c1-9-3-2-4-10(7-9)18-6-5-14-12(17)15-11(16)8-13/h2-4,7H,5-6,8H2,1H3,(H2,14,15,16,17). The van der Waals surface area contributed by atoms with E-state index in [1.165, 1.54) is 0 Å². The van der Waals surface area contributed by atoms with E-state index in [1.54, 1.807) is 0 Å². The summed E-state index contributed by atoms with van der Waals surface area (Å²) in [6, 6.07) is 7.02. The van der Waals surface area contributed by atoms with Crippen molar-refractivity contribution in [2.75, 3.05) is 19.0 Å². The smallest absolute Gasteiger partial charge is 0.321 e. The van der Waals surface area contributed by atoms with Crippen LogP contribution in [0, 0.1) is 6.92 Å². The van der Waals surface area contributed by atoms with Crippen molar-refractivity contribution in [1.82, 2.24) is 10.6 Å². The van der Waals surface area contributed by atoms with Gasteiger partial charge in [-0.1, -0.05) is 12.1 Å². The van der Waals surface area contributed by atoms with Gasteiger partial charge in [-0.25, -0.2) is 4.79 Å². The van der Waals surface area contributed by atoms with E-state index in [0.717, 1.165) is 11.3 Å². The van der Waals surface area contributed by atoms with E-state index in [0.29, 0.717) is 13.2 Å². The molecule has 0 aliphatic carbocycles. The summed E-state index contributed by atoms with van der Waals surface area (Å²) in [5, 5.41) is 4.54. The second kappa shape index (κ2) is 7.55. The Kier molecular flexibility index (Phi) is 6.00. The molecule has 98 valence electrons. The van der Waals surface area contributed by atoms with Crippen LogP contribution < -0.4 is 15.4 Å². The van der Waals surface area contributed by atoms with E-state index in [9.17, 15) is 9.59 Å². The van der Waals surface area contributed by atoms with E-state index in [1.807, 2.05) is 31.2 Å². The SMILES string of the molecule is Cc1cccc(OCCNC(=O)NC(=O)CCl)c1. The fraction of sp³-hybridized carbons (Fsp3) is 0.333. The Labute approximate surface area is 110 Å². The van der Waals surface area contributed by atoms with Crippen LogP contribution >= 0.6 is 11.6 Å². The highest BCUT2D eigenvalue weighted by atomic mass is 35.5. The number of hydrogen-bond acceptors (Lipinski definition) is 3. The number of halogens is 1. The van der Waals surface area contributed by atoms with Gasteiger partial charge in [0.05, 0.1) is 6.54 Å². The quantitative estimate of drug-likeness (QED) is 0.628. The number of rotatable bonds is 5. The van der Waals surface area contributed by atoms with Crippen molar-refractivity contribution in [3.63, 3.8) is 0 Å². The predicted octanol–water partition coefficient (Wildman–Crippen LogP) is 1.44. The Morgan fingerprint density at radius 3 is 2.83 bits per heavy atom. The summed E-state index contributed by atoms with van der Waals surface area (Å²) < 4.78 is 5.42. The molecule has 6 heteroatoms. The van der Waals surface area contributed by atoms with Gasteiger partial charge >= 0.3 is 6.03 Å². The molecule has 0 saturated carbocycles. The third-order valence-corrected chi connectivity index (χ3v) is 2.26. The summed E-state index contributed by atoms with van der Waals surface area (Å²) in [7, 11) is 0. The van der Waals surface area contributed by atoms with Crippen molar-refractivity contribution in [3.05, 3.63) is 29.8 Å². The Morgan fingerprint density at radius 1 is 1.39 bits per heavy atom. The van der Waals surface area contributed by atoms with Gasteiger partial charge in [-0.05, 0) is 24.6 Å². The molecule has 0 unspecified atom stereocenters. The lowest BCUT2D eigenvalue weighted by Crippen LogP contribution is -2.41. The van der Waals surface area contributed by atoms with Crippen molar-refractivity contribution in [2.24, 2.45) is 0 Å². The molecule has 0 bridgehead atoms. The minimum Gasteiger partial charge on any atom is -0.492 e. The Morgan fingerprint density at radius 2 is 2.17 bits per heavy atom. The predicted molar refractivity (Wildman–Crippen MR) is 68.9 cm³/mol. The summed E-state index contributed by atoms with van der Waals surface area (Å²) in [6.07, 6.45) is 0. The molecule has 0 aliphatic heterocycles. The van der Waals surface area contributed by atoms with E-state index >= 15 is 0 Å². The summed E-state index contributed by atoms with van der Waals surface area (Å²) in [6.45, 7) is 2.59. The van der Waals surface area contributed by atoms with Crippen LogP contribution in [0.25, 0.3) is 0 Å². The fourth-order valence-electron chi connectivity index (χ4n) is 1.24. The molecule has 1 rings (SSSR count). The minimum absolute atomic E-state index is 0.243. The lowest BCUT2D eigenvalue weighted by atomic mass is 10.2. The molecular weight excluding hydrogens is 256 g/mol. The van der Waals surface area contributed by atoms with Crippen LogP contribution in [0.15, 0.2) is 24.3 Å². The molecule has 2 N–H and O–H groups in total. The van der Waals surface area contributed by atoms with Gasteiger partial charge in [0.25, 0.3) is 0 Å². The van der Waals surface area contributed by atoms with E-state index in [4.69, 9.17) is 16.3 Å². The molecule has 0 spiro atoms. The molecule has 1 aromatic carbocycles. The summed E-state index contributed by atoms with van der Waals surface area (Å²) in [4.78, 5) is 21.9. The second-order valence-corrected chi connectivity index (χ2v) is 3.87. The number of nitrogens with one attached hydrogen (secondary N) is 2. The van der Waals surface area contributed by atoms with Gasteiger partial charge in [-0.15, -0.1) is 11.6 Å². The number of hydrogen-bond donors (Lipinski definition) is 2. The zero-order valence-corrected chi connectivity index (χ0v) is 10.8. The lowest BCUT2D eigenvalue weighted by molar-refractivity contribution is -0.117. The number of amides is 3. The number of aryl methyl sites for hydroxylation is 1. The molecule has 0 heterocycles. The topological polar surface area (TPSA) is 67.4 Å². The average molecular weight is 271 g/mol. The van der Waals surface area contributed by atoms with Gasteiger partial charge in [0, 0.05) is 0 Å². The first-order valence-corrected chi connectivity index (χ1v) is 5.98. The maximum Gasteiger partial charge on any atom is 0.321 e. The maximum atomic E-state index is 11.1. The largest absolute Gasteiger partial charge is 0.492 e. The lowest BCUT2D eigenvalue weighted by Gasteiger charge is -2.08. The molecule has 0 saturated heterocycles. The summed E-state index contributed by atoms with van der Waals surface area (Å²) in [5.41, 5.74) is 1.10. The molecular formula is C12H15ClN2O3. The Balaban J connectivity index is 2.19. The molecule has 3 amide bonds. The molecule has 0 radical (unpaired) electrons. The first-order chi connectivity index (χ1) is 8.61. The molecule has 0 atom stereocenters. The molecule has 0 aromatic heterocycles. The fourth-order valence-corrected chi connectivity index (χ4v) is 1.31. The Hall–Kier alpha value is -1.75. The van der Waals surface area contributed by atoms with Crippen molar-refractivity contribution >= 4 is 23.5 Å². The zero-order chi connectivity index (χ0) is 13.4. The van der Waals surface area contributed by atoms with Crippen molar-refractivity contribution in [3.8, 4) is 5.75 Å². The number of benzene rings is 1. The van der Waals surface area contributed by atoms with E-state index in [-0.39, 0.29) is 5.88 Å². The highest BCUT2D eigenvalue weighted by Gasteiger charge is 2.04. The van der Waals surface area contributed by atoms with Crippen LogP contribution in [0.3, 0.4) is 0 Å². The normalized spacial score (nSPS) is 9.67. The van der Waals surface area contributed by atoms with E-state index < -0.39 is 11.9 Å². The van der Waals surface area contributed by atoms with Crippen LogP contribution in [0.1, 0.15) is 5.56 Å². The Bertz CT molecular complexity index is 424. The molecule has 18 heavy (non-hydrogen) atoms. The zero-order valence-electron chi connectivity index (χ0n) is 10.0. The number of ether oxygens (including phenoxy) is 1. The van der Waals surface area contributed by atoms with Crippen LogP contribution in [0.2, 0.25) is 0 Å². The third-order valence-electron chi connectivity index (χ3n) is 2.02. The number of carbonyl (C=O) groups excluding carboxylic acids is 2. The minimum atomic E-state index is -0.575. The molecule has 0 aliphatic rings. The maximum absolute atomic E-state index is 11.1. The molecule has 0 fully saturated rings. The first kappa shape index (κ1) is 14.3. The van der Waals surface area contributed by atoms with Crippen LogP contribution in [0.5, 0.6) is 5.75 Å².